The molecule has 0 atom stereocenters. The average molecular weight is 350 g/mol. The van der Waals surface area contributed by atoms with E-state index in [2.05, 4.69) is 5.32 Å². The van der Waals surface area contributed by atoms with E-state index in [0.717, 1.165) is 18.6 Å². The molecule has 1 amide bonds. The molecule has 0 aliphatic heterocycles. The molecule has 2 aromatic rings. The van der Waals surface area contributed by atoms with Crippen molar-refractivity contribution in [3.8, 4) is 23.3 Å². The van der Waals surface area contributed by atoms with Crippen molar-refractivity contribution in [3.05, 3.63) is 59.9 Å². The van der Waals surface area contributed by atoms with Gasteiger partial charge in [-0.15, -0.1) is 0 Å². The summed E-state index contributed by atoms with van der Waals surface area (Å²) < 4.78 is 10.8. The van der Waals surface area contributed by atoms with Crippen LogP contribution in [0.1, 0.15) is 12.8 Å². The van der Waals surface area contributed by atoms with E-state index in [1.165, 1.54) is 0 Å². The van der Waals surface area contributed by atoms with E-state index >= 15 is 0 Å². The number of allylic oxidation sites excluding steroid dienone is 1. The molecule has 1 fully saturated rings. The molecule has 0 spiro atoms. The van der Waals surface area contributed by atoms with Gasteiger partial charge in [0.15, 0.2) is 5.57 Å². The number of hydrogen-bond donors (Lipinski definition) is 2. The Balaban J connectivity index is 1.64. The van der Waals surface area contributed by atoms with Crippen molar-refractivity contribution < 1.29 is 19.4 Å². The molecular weight excluding hydrogens is 332 g/mol. The number of benzene rings is 2. The van der Waals surface area contributed by atoms with Crippen LogP contribution >= 0.6 is 0 Å². The van der Waals surface area contributed by atoms with Crippen LogP contribution in [-0.4, -0.2) is 18.1 Å². The number of aliphatic hydroxyl groups excluding tert-OH is 1. The number of carbonyl (C=O) groups excluding carboxylic acids is 1. The van der Waals surface area contributed by atoms with Gasteiger partial charge in [-0.05, 0) is 61.4 Å². The van der Waals surface area contributed by atoms with Crippen LogP contribution in [-0.2, 0) is 4.79 Å². The number of amides is 1. The number of methoxy groups -OCH3 is 1. The zero-order valence-corrected chi connectivity index (χ0v) is 14.2. The van der Waals surface area contributed by atoms with E-state index in [-0.39, 0.29) is 17.3 Å². The van der Waals surface area contributed by atoms with Crippen molar-refractivity contribution in [2.75, 3.05) is 12.4 Å². The lowest BCUT2D eigenvalue weighted by Crippen LogP contribution is -2.15. The smallest absolute Gasteiger partial charge is 0.269 e. The molecular formula is C20H18N2O4. The number of aliphatic hydroxyl groups is 1. The number of carbonyl (C=O) groups is 1. The van der Waals surface area contributed by atoms with Gasteiger partial charge in [0, 0.05) is 11.6 Å². The fourth-order valence-electron chi connectivity index (χ4n) is 2.37. The molecule has 0 radical (unpaired) electrons. The Morgan fingerprint density at radius 2 is 1.62 bits per heavy atom. The second-order valence-electron chi connectivity index (χ2n) is 5.90. The summed E-state index contributed by atoms with van der Waals surface area (Å²) in [6.07, 6.45) is 1.61. The van der Waals surface area contributed by atoms with E-state index in [4.69, 9.17) is 14.7 Å². The first-order valence-electron chi connectivity index (χ1n) is 8.17. The summed E-state index contributed by atoms with van der Waals surface area (Å²) in [5.74, 6) is 1.21. The number of ether oxygens (including phenoxy) is 2. The maximum absolute atomic E-state index is 12.2. The van der Waals surface area contributed by atoms with Crippen molar-refractivity contribution in [1.82, 2.24) is 0 Å². The molecule has 1 aliphatic rings. The average Bonchev–Trinajstić information content (AvgIpc) is 3.50. The number of nitriles is 1. The highest BCUT2D eigenvalue weighted by Gasteiger charge is 2.30. The minimum absolute atomic E-state index is 0.0596. The minimum Gasteiger partial charge on any atom is -0.510 e. The summed E-state index contributed by atoms with van der Waals surface area (Å²) in [6, 6.07) is 15.7. The third-order valence-corrected chi connectivity index (χ3v) is 3.97. The highest BCUT2D eigenvalue weighted by atomic mass is 16.5. The Labute approximate surface area is 151 Å². The van der Waals surface area contributed by atoms with Crippen LogP contribution in [0.4, 0.5) is 5.69 Å². The van der Waals surface area contributed by atoms with Gasteiger partial charge in [0.25, 0.3) is 5.91 Å². The highest BCUT2D eigenvalue weighted by Crippen LogP contribution is 2.36. The van der Waals surface area contributed by atoms with Gasteiger partial charge < -0.3 is 19.9 Å². The largest absolute Gasteiger partial charge is 0.510 e. The van der Waals surface area contributed by atoms with Gasteiger partial charge in [-0.25, -0.2) is 0 Å². The summed E-state index contributed by atoms with van der Waals surface area (Å²) in [5.41, 5.74) is 0.277. The molecule has 132 valence electrons. The zero-order valence-electron chi connectivity index (χ0n) is 14.2. The summed E-state index contributed by atoms with van der Waals surface area (Å²) in [5, 5.41) is 21.6. The lowest BCUT2D eigenvalue weighted by molar-refractivity contribution is -0.112. The van der Waals surface area contributed by atoms with Crippen LogP contribution < -0.4 is 14.8 Å². The molecule has 0 unspecified atom stereocenters. The van der Waals surface area contributed by atoms with Crippen molar-refractivity contribution in [1.29, 1.82) is 5.26 Å². The van der Waals surface area contributed by atoms with Gasteiger partial charge in [-0.2, -0.15) is 5.26 Å². The fraction of sp³-hybridized carbons (Fsp3) is 0.200. The number of hydrogen-bond acceptors (Lipinski definition) is 5. The van der Waals surface area contributed by atoms with Gasteiger partial charge in [-0.3, -0.25) is 4.79 Å². The van der Waals surface area contributed by atoms with E-state index in [0.29, 0.717) is 17.2 Å². The quantitative estimate of drug-likeness (QED) is 0.463. The maximum Gasteiger partial charge on any atom is 0.269 e. The first kappa shape index (κ1) is 17.4. The lowest BCUT2D eigenvalue weighted by atomic mass is 10.1. The van der Waals surface area contributed by atoms with Crippen molar-refractivity contribution in [2.24, 2.45) is 5.92 Å². The molecule has 0 saturated heterocycles. The molecule has 26 heavy (non-hydrogen) atoms. The van der Waals surface area contributed by atoms with Gasteiger partial charge >= 0.3 is 0 Å². The Bertz CT molecular complexity index is 860. The number of anilines is 1. The maximum atomic E-state index is 12.2. The molecule has 2 N–H and O–H groups in total. The second kappa shape index (κ2) is 7.62. The molecule has 3 rings (SSSR count). The van der Waals surface area contributed by atoms with Crippen molar-refractivity contribution in [3.63, 3.8) is 0 Å². The molecule has 6 nitrogen and oxygen atoms in total. The van der Waals surface area contributed by atoms with Crippen LogP contribution in [0, 0.1) is 17.2 Å². The van der Waals surface area contributed by atoms with Crippen molar-refractivity contribution in [2.45, 2.75) is 12.8 Å². The topological polar surface area (TPSA) is 91.6 Å². The summed E-state index contributed by atoms with van der Waals surface area (Å²) in [7, 11) is 1.60. The predicted octanol–water partition coefficient (Wildman–Crippen LogP) is 4.17. The van der Waals surface area contributed by atoms with E-state index in [9.17, 15) is 9.90 Å². The van der Waals surface area contributed by atoms with Crippen LogP contribution in [0.25, 0.3) is 0 Å². The monoisotopic (exact) mass is 350 g/mol. The van der Waals surface area contributed by atoms with Crippen LogP contribution in [0.2, 0.25) is 0 Å². The number of nitrogens with zero attached hydrogens (tertiary/aromatic N) is 1. The Morgan fingerprint density at radius 1 is 1.08 bits per heavy atom. The van der Waals surface area contributed by atoms with Gasteiger partial charge in [-0.1, -0.05) is 0 Å². The predicted molar refractivity (Wildman–Crippen MR) is 96.1 cm³/mol. The van der Waals surface area contributed by atoms with E-state index < -0.39 is 5.91 Å². The number of rotatable bonds is 6. The SMILES string of the molecule is COc1ccc(Oc2ccc(NC(=O)/C(C#N)=C(\O)C3CC3)cc2)cc1. The Hall–Kier alpha value is -3.46. The van der Waals surface area contributed by atoms with Gasteiger partial charge in [0.2, 0.25) is 0 Å². The molecule has 1 saturated carbocycles. The lowest BCUT2D eigenvalue weighted by Gasteiger charge is -2.09. The third-order valence-electron chi connectivity index (χ3n) is 3.97. The standard InChI is InChI=1S/C20H18N2O4/c1-25-15-8-10-17(11-9-15)26-16-6-4-14(5-7-16)22-20(24)18(12-21)19(23)13-2-3-13/h4-11,13,23H,2-3H2,1H3,(H,22,24)/b19-18-. The van der Waals surface area contributed by atoms with Crippen LogP contribution in [0.5, 0.6) is 17.2 Å². The Kier molecular flexibility index (Phi) is 5.09. The summed E-state index contributed by atoms with van der Waals surface area (Å²) >= 11 is 0. The molecule has 2 aromatic carbocycles. The highest BCUT2D eigenvalue weighted by molar-refractivity contribution is 6.07. The summed E-state index contributed by atoms with van der Waals surface area (Å²) in [6.45, 7) is 0. The molecule has 0 aromatic heterocycles. The fourth-order valence-corrected chi connectivity index (χ4v) is 2.37. The normalized spacial score (nSPS) is 14.0. The first-order chi connectivity index (χ1) is 12.6. The van der Waals surface area contributed by atoms with Crippen molar-refractivity contribution >= 4 is 11.6 Å². The third kappa shape index (κ3) is 4.14. The van der Waals surface area contributed by atoms with Gasteiger partial charge in [0.1, 0.15) is 29.1 Å². The van der Waals surface area contributed by atoms with E-state index in [1.807, 2.05) is 0 Å². The Morgan fingerprint density at radius 3 is 2.12 bits per heavy atom. The molecule has 0 heterocycles. The zero-order chi connectivity index (χ0) is 18.5. The first-order valence-corrected chi connectivity index (χ1v) is 8.17. The number of nitrogens with one attached hydrogen (secondary N) is 1. The van der Waals surface area contributed by atoms with Gasteiger partial charge in [0.05, 0.1) is 7.11 Å². The molecule has 0 bridgehead atoms. The molecule has 1 aliphatic carbocycles. The van der Waals surface area contributed by atoms with E-state index in [1.54, 1.807) is 61.7 Å². The molecule has 6 heteroatoms. The minimum atomic E-state index is -0.610. The van der Waals surface area contributed by atoms with Crippen LogP contribution in [0.3, 0.4) is 0 Å². The van der Waals surface area contributed by atoms with Crippen LogP contribution in [0.15, 0.2) is 59.9 Å². The second-order valence-corrected chi connectivity index (χ2v) is 5.90. The summed E-state index contributed by atoms with van der Waals surface area (Å²) in [4.78, 5) is 12.2.